The summed E-state index contributed by atoms with van der Waals surface area (Å²) in [5.41, 5.74) is 0.790. The highest BCUT2D eigenvalue weighted by atomic mass is 16.7. The summed E-state index contributed by atoms with van der Waals surface area (Å²) in [5.74, 6) is -1.35. The molecule has 11 nitrogen and oxygen atoms in total. The van der Waals surface area contributed by atoms with Crippen LogP contribution in [0.25, 0.3) is 0 Å². The van der Waals surface area contributed by atoms with E-state index in [9.17, 15) is 19.2 Å². The molecule has 11 heteroatoms. The molecule has 0 aromatic heterocycles. The number of likely N-dealkylation sites (tertiary alicyclic amines) is 1. The standard InChI is InChI=1S/C27H36N2O9/c1-4-21-17(2)22(36-18(3)30)23(38-27(33)28-11-7-8-12-28)26(37-21)35-16-15-34-14-13-29-24(31)19-9-5-6-10-20(19)25(29)32/h5-6,9-10,17,21-23,26H,4,7-8,11-16H2,1-3H3/t17-,21-,22+,23+,26+/m1/s1. The van der Waals surface area contributed by atoms with Gasteiger partial charge in [0.05, 0.1) is 43.6 Å². The lowest BCUT2D eigenvalue weighted by atomic mass is 9.89. The zero-order valence-electron chi connectivity index (χ0n) is 22.1. The van der Waals surface area contributed by atoms with E-state index in [1.807, 2.05) is 13.8 Å². The van der Waals surface area contributed by atoms with E-state index in [2.05, 4.69) is 0 Å². The largest absolute Gasteiger partial charge is 0.458 e. The molecule has 0 aliphatic carbocycles. The van der Waals surface area contributed by atoms with Crippen molar-refractivity contribution in [3.05, 3.63) is 35.4 Å². The van der Waals surface area contributed by atoms with Crippen molar-refractivity contribution in [2.75, 3.05) is 39.5 Å². The summed E-state index contributed by atoms with van der Waals surface area (Å²) in [5, 5.41) is 0. The van der Waals surface area contributed by atoms with Crippen LogP contribution in [0.5, 0.6) is 0 Å². The van der Waals surface area contributed by atoms with Gasteiger partial charge >= 0.3 is 12.1 Å². The average Bonchev–Trinajstić information content (AvgIpc) is 3.53. The number of hydrogen-bond acceptors (Lipinski definition) is 9. The van der Waals surface area contributed by atoms with Gasteiger partial charge in [-0.3, -0.25) is 19.3 Å². The Hall–Kier alpha value is -3.02. The first-order chi connectivity index (χ1) is 18.3. The fourth-order valence-corrected chi connectivity index (χ4v) is 5.14. The lowest BCUT2D eigenvalue weighted by Gasteiger charge is -2.44. The Labute approximate surface area is 222 Å². The lowest BCUT2D eigenvalue weighted by molar-refractivity contribution is -0.288. The van der Waals surface area contributed by atoms with Crippen molar-refractivity contribution in [3.8, 4) is 0 Å². The van der Waals surface area contributed by atoms with Gasteiger partial charge in [-0.05, 0) is 31.4 Å². The molecule has 1 aromatic rings. The Morgan fingerprint density at radius 1 is 0.974 bits per heavy atom. The molecule has 0 N–H and O–H groups in total. The van der Waals surface area contributed by atoms with Crippen LogP contribution in [0.15, 0.2) is 24.3 Å². The minimum Gasteiger partial charge on any atom is -0.458 e. The van der Waals surface area contributed by atoms with Crippen molar-refractivity contribution < 1.29 is 42.9 Å². The highest BCUT2D eigenvalue weighted by Gasteiger charge is 2.48. The van der Waals surface area contributed by atoms with Crippen LogP contribution in [-0.2, 0) is 28.5 Å². The van der Waals surface area contributed by atoms with Crippen LogP contribution in [0.4, 0.5) is 4.79 Å². The molecule has 0 unspecified atom stereocenters. The molecule has 0 radical (unpaired) electrons. The number of imide groups is 1. The van der Waals surface area contributed by atoms with E-state index in [0.717, 1.165) is 12.8 Å². The number of rotatable bonds is 10. The number of benzene rings is 1. The number of nitrogens with zero attached hydrogens (tertiary/aromatic N) is 2. The lowest BCUT2D eigenvalue weighted by Crippen LogP contribution is -2.58. The predicted molar refractivity (Wildman–Crippen MR) is 133 cm³/mol. The van der Waals surface area contributed by atoms with Crippen LogP contribution in [-0.4, -0.2) is 97.7 Å². The van der Waals surface area contributed by atoms with Gasteiger partial charge in [0, 0.05) is 25.9 Å². The van der Waals surface area contributed by atoms with Crippen LogP contribution in [0.3, 0.4) is 0 Å². The second kappa shape index (κ2) is 12.7. The average molecular weight is 533 g/mol. The van der Waals surface area contributed by atoms with Crippen molar-refractivity contribution in [1.29, 1.82) is 0 Å². The maximum absolute atomic E-state index is 12.8. The van der Waals surface area contributed by atoms with E-state index in [0.29, 0.717) is 30.6 Å². The number of carbonyl (C=O) groups excluding carboxylic acids is 4. The smallest absolute Gasteiger partial charge is 0.410 e. The number of esters is 1. The molecule has 3 heterocycles. The minimum absolute atomic E-state index is 0.0994. The molecule has 5 atom stereocenters. The highest BCUT2D eigenvalue weighted by Crippen LogP contribution is 2.33. The fraction of sp³-hybridized carbons (Fsp3) is 0.630. The molecule has 1 aromatic carbocycles. The third-order valence-corrected chi connectivity index (χ3v) is 7.16. The monoisotopic (exact) mass is 532 g/mol. The van der Waals surface area contributed by atoms with Crippen LogP contribution in [0.2, 0.25) is 0 Å². The van der Waals surface area contributed by atoms with Gasteiger partial charge in [0.15, 0.2) is 12.4 Å². The minimum atomic E-state index is -0.952. The van der Waals surface area contributed by atoms with E-state index >= 15 is 0 Å². The van der Waals surface area contributed by atoms with Gasteiger partial charge in [0.25, 0.3) is 11.8 Å². The van der Waals surface area contributed by atoms with Crippen LogP contribution < -0.4 is 0 Å². The van der Waals surface area contributed by atoms with E-state index in [-0.39, 0.29) is 50.2 Å². The maximum Gasteiger partial charge on any atom is 0.410 e. The molecule has 38 heavy (non-hydrogen) atoms. The number of hydrogen-bond donors (Lipinski definition) is 0. The van der Waals surface area contributed by atoms with E-state index in [1.54, 1.807) is 29.2 Å². The normalized spacial score (nSPS) is 27.0. The van der Waals surface area contributed by atoms with Crippen molar-refractivity contribution in [2.24, 2.45) is 5.92 Å². The van der Waals surface area contributed by atoms with Crippen molar-refractivity contribution in [1.82, 2.24) is 9.80 Å². The number of amides is 3. The van der Waals surface area contributed by atoms with Gasteiger partial charge in [0.2, 0.25) is 0 Å². The van der Waals surface area contributed by atoms with E-state index in [4.69, 9.17) is 23.7 Å². The molecule has 3 aliphatic heterocycles. The summed E-state index contributed by atoms with van der Waals surface area (Å²) in [6, 6.07) is 6.71. The summed E-state index contributed by atoms with van der Waals surface area (Å²) in [4.78, 5) is 52.4. The van der Waals surface area contributed by atoms with Gasteiger partial charge in [-0.2, -0.15) is 0 Å². The Morgan fingerprint density at radius 2 is 1.63 bits per heavy atom. The van der Waals surface area contributed by atoms with E-state index < -0.39 is 30.6 Å². The fourth-order valence-electron chi connectivity index (χ4n) is 5.14. The molecule has 4 rings (SSSR count). The summed E-state index contributed by atoms with van der Waals surface area (Å²) >= 11 is 0. The van der Waals surface area contributed by atoms with Gasteiger partial charge in [-0.1, -0.05) is 26.0 Å². The Kier molecular flexibility index (Phi) is 9.35. The first-order valence-corrected chi connectivity index (χ1v) is 13.2. The van der Waals surface area contributed by atoms with Crippen LogP contribution in [0, 0.1) is 5.92 Å². The molecule has 3 amide bonds. The van der Waals surface area contributed by atoms with Crippen LogP contribution in [0.1, 0.15) is 60.7 Å². The van der Waals surface area contributed by atoms with Gasteiger partial charge in [-0.15, -0.1) is 0 Å². The number of carbonyl (C=O) groups is 4. The van der Waals surface area contributed by atoms with Crippen molar-refractivity contribution in [3.63, 3.8) is 0 Å². The third kappa shape index (κ3) is 6.16. The van der Waals surface area contributed by atoms with Crippen LogP contribution >= 0.6 is 0 Å². The quantitative estimate of drug-likeness (QED) is 0.254. The summed E-state index contributed by atoms with van der Waals surface area (Å²) in [6.45, 7) is 6.92. The predicted octanol–water partition coefficient (Wildman–Crippen LogP) is 2.62. The molecular formula is C27H36N2O9. The zero-order valence-corrected chi connectivity index (χ0v) is 22.1. The Morgan fingerprint density at radius 3 is 2.24 bits per heavy atom. The molecule has 3 aliphatic rings. The van der Waals surface area contributed by atoms with Crippen molar-refractivity contribution in [2.45, 2.75) is 64.6 Å². The molecule has 2 fully saturated rings. The molecule has 0 spiro atoms. The molecule has 0 bridgehead atoms. The number of fused-ring (bicyclic) bond motifs is 1. The van der Waals surface area contributed by atoms with Gasteiger partial charge < -0.3 is 28.6 Å². The summed E-state index contributed by atoms with van der Waals surface area (Å²) < 4.78 is 29.1. The van der Waals surface area contributed by atoms with Gasteiger partial charge in [-0.25, -0.2) is 4.79 Å². The third-order valence-electron chi connectivity index (χ3n) is 7.16. The number of ether oxygens (including phenoxy) is 5. The highest BCUT2D eigenvalue weighted by molar-refractivity contribution is 6.21. The summed E-state index contributed by atoms with van der Waals surface area (Å²) in [7, 11) is 0. The molecule has 0 saturated carbocycles. The maximum atomic E-state index is 12.8. The zero-order chi connectivity index (χ0) is 27.2. The molecule has 2 saturated heterocycles. The first kappa shape index (κ1) is 28.0. The first-order valence-electron chi connectivity index (χ1n) is 13.2. The molecule has 208 valence electrons. The SMILES string of the molecule is CC[C@H]1O[C@H](OCCOCCN2C(=O)c3ccccc3C2=O)[C@@H](OC(=O)N2CCCC2)[C@@H](OC(C)=O)[C@@H]1C. The summed E-state index contributed by atoms with van der Waals surface area (Å²) in [6.07, 6.45) is -0.886. The van der Waals surface area contributed by atoms with Crippen molar-refractivity contribution >= 4 is 23.9 Å². The second-order valence-corrected chi connectivity index (χ2v) is 9.72. The van der Waals surface area contributed by atoms with Gasteiger partial charge in [0.1, 0.15) is 6.10 Å². The Bertz CT molecular complexity index is 991. The Balaban J connectivity index is 1.31. The topological polar surface area (TPSA) is 121 Å². The van der Waals surface area contributed by atoms with E-state index in [1.165, 1.54) is 11.8 Å². The second-order valence-electron chi connectivity index (χ2n) is 9.72. The molecular weight excluding hydrogens is 496 g/mol.